The number of hydrogen-bond acceptors (Lipinski definition) is 2. The first kappa shape index (κ1) is 27.7. The molecule has 0 amide bonds. The van der Waals surface area contributed by atoms with Gasteiger partial charge in [-0.3, -0.25) is 0 Å². The van der Waals surface area contributed by atoms with Gasteiger partial charge in [0, 0.05) is 11.8 Å². The van der Waals surface area contributed by atoms with Crippen LogP contribution in [0, 0.1) is 35.5 Å². The van der Waals surface area contributed by atoms with E-state index < -0.39 is 97.1 Å². The number of halogens is 12. The van der Waals surface area contributed by atoms with Gasteiger partial charge < -0.3 is 10.2 Å². The molecule has 3 saturated carbocycles. The first-order valence-corrected chi connectivity index (χ1v) is 10.9. The van der Waals surface area contributed by atoms with Crippen molar-refractivity contribution in [2.24, 2.45) is 35.5 Å². The molecule has 200 valence electrons. The Bertz CT molecular complexity index is 648. The molecule has 2 nitrogen and oxygen atoms in total. The molecule has 0 aliphatic heterocycles. The summed E-state index contributed by atoms with van der Waals surface area (Å²) in [5.74, 6) is -6.60. The second kappa shape index (κ2) is 8.31. The fourth-order valence-corrected chi connectivity index (χ4v) is 6.64. The van der Waals surface area contributed by atoms with E-state index in [0.717, 1.165) is 0 Å². The molecular formula is C20H24F12O2. The predicted octanol–water partition coefficient (Wildman–Crippen LogP) is 6.56. The zero-order valence-electron chi connectivity index (χ0n) is 17.6. The van der Waals surface area contributed by atoms with Gasteiger partial charge >= 0.3 is 24.7 Å². The molecule has 2 N–H and O–H groups in total. The normalized spacial score (nSPS) is 34.4. The molecule has 0 heterocycles. The zero-order valence-corrected chi connectivity index (χ0v) is 17.6. The number of rotatable bonds is 2. The number of fused-ring (bicyclic) bond motifs is 2. The van der Waals surface area contributed by atoms with E-state index in [4.69, 9.17) is 0 Å². The summed E-state index contributed by atoms with van der Waals surface area (Å²) in [6.45, 7) is 0. The molecule has 3 fully saturated rings. The van der Waals surface area contributed by atoms with E-state index in [2.05, 4.69) is 0 Å². The van der Waals surface area contributed by atoms with Gasteiger partial charge in [-0.15, -0.1) is 0 Å². The molecule has 3 aliphatic carbocycles. The Morgan fingerprint density at radius 2 is 0.647 bits per heavy atom. The molecule has 3 rings (SSSR count). The van der Waals surface area contributed by atoms with Gasteiger partial charge in [0.1, 0.15) is 0 Å². The second-order valence-corrected chi connectivity index (χ2v) is 10.1. The third-order valence-electron chi connectivity index (χ3n) is 8.40. The summed E-state index contributed by atoms with van der Waals surface area (Å²) in [4.78, 5) is 0. The Morgan fingerprint density at radius 3 is 0.882 bits per heavy atom. The molecule has 34 heavy (non-hydrogen) atoms. The third kappa shape index (κ3) is 4.28. The molecule has 14 heteroatoms. The highest BCUT2D eigenvalue weighted by molar-refractivity contribution is 5.06. The highest BCUT2D eigenvalue weighted by Gasteiger charge is 2.75. The van der Waals surface area contributed by atoms with Crippen molar-refractivity contribution < 1.29 is 62.9 Å². The average molecular weight is 524 g/mol. The first-order valence-electron chi connectivity index (χ1n) is 10.9. The topological polar surface area (TPSA) is 40.5 Å². The van der Waals surface area contributed by atoms with Crippen LogP contribution < -0.4 is 0 Å². The fourth-order valence-electron chi connectivity index (χ4n) is 6.64. The van der Waals surface area contributed by atoms with Crippen LogP contribution in [0.1, 0.15) is 51.4 Å². The summed E-state index contributed by atoms with van der Waals surface area (Å²) >= 11 is 0. The van der Waals surface area contributed by atoms with Crippen LogP contribution in [-0.2, 0) is 0 Å². The Kier molecular flexibility index (Phi) is 6.76. The van der Waals surface area contributed by atoms with Gasteiger partial charge in [0.25, 0.3) is 11.2 Å². The Balaban J connectivity index is 1.77. The van der Waals surface area contributed by atoms with E-state index in [1.807, 2.05) is 0 Å². The van der Waals surface area contributed by atoms with Crippen molar-refractivity contribution in [2.75, 3.05) is 0 Å². The van der Waals surface area contributed by atoms with Crippen LogP contribution in [0.25, 0.3) is 0 Å². The minimum Gasteiger partial charge on any atom is -0.373 e. The highest BCUT2D eigenvalue weighted by Crippen LogP contribution is 2.60. The summed E-state index contributed by atoms with van der Waals surface area (Å²) in [7, 11) is 0. The second-order valence-electron chi connectivity index (χ2n) is 10.1. The van der Waals surface area contributed by atoms with Gasteiger partial charge in [-0.2, -0.15) is 52.7 Å². The summed E-state index contributed by atoms with van der Waals surface area (Å²) in [5, 5.41) is 19.4. The van der Waals surface area contributed by atoms with Crippen LogP contribution in [0.4, 0.5) is 52.7 Å². The largest absolute Gasteiger partial charge is 0.426 e. The predicted molar refractivity (Wildman–Crippen MR) is 92.0 cm³/mol. The lowest BCUT2D eigenvalue weighted by Gasteiger charge is -2.52. The fraction of sp³-hybridized carbons (Fsp3) is 1.00. The molecule has 0 aromatic carbocycles. The molecular weight excluding hydrogens is 500 g/mol. The van der Waals surface area contributed by atoms with Crippen molar-refractivity contribution in [3.05, 3.63) is 0 Å². The smallest absolute Gasteiger partial charge is 0.373 e. The van der Waals surface area contributed by atoms with E-state index in [1.54, 1.807) is 0 Å². The standard InChI is InChI=1S/C20H24F12O2/c21-17(22,23)15(33,18(24,25)26)13-3-1-9-5-12-8-14(4-2-10(12)6-11(9)7-13)16(34,19(27,28)29)20(30,31)32/h9-14,33-34H,1-8H2. The van der Waals surface area contributed by atoms with Gasteiger partial charge in [0.2, 0.25) is 0 Å². The quantitative estimate of drug-likeness (QED) is 0.402. The van der Waals surface area contributed by atoms with Gasteiger partial charge in [-0.05, 0) is 75.0 Å². The van der Waals surface area contributed by atoms with Crippen molar-refractivity contribution in [2.45, 2.75) is 87.3 Å². The molecule has 6 atom stereocenters. The van der Waals surface area contributed by atoms with Crippen LogP contribution in [0.2, 0.25) is 0 Å². The van der Waals surface area contributed by atoms with Gasteiger partial charge in [-0.1, -0.05) is 0 Å². The van der Waals surface area contributed by atoms with Crippen molar-refractivity contribution in [1.29, 1.82) is 0 Å². The Labute approximate surface area is 186 Å². The average Bonchev–Trinajstić information content (AvgIpc) is 2.66. The van der Waals surface area contributed by atoms with E-state index in [9.17, 15) is 62.9 Å². The lowest BCUT2D eigenvalue weighted by atomic mass is 9.54. The summed E-state index contributed by atoms with van der Waals surface area (Å²) in [6, 6.07) is 0. The van der Waals surface area contributed by atoms with Crippen LogP contribution in [0.3, 0.4) is 0 Å². The Morgan fingerprint density at radius 1 is 0.382 bits per heavy atom. The maximum absolute atomic E-state index is 13.2. The van der Waals surface area contributed by atoms with Crippen molar-refractivity contribution >= 4 is 0 Å². The monoisotopic (exact) mass is 524 g/mol. The Hall–Kier alpha value is -0.920. The van der Waals surface area contributed by atoms with E-state index in [1.165, 1.54) is 0 Å². The molecule has 0 aromatic rings. The third-order valence-corrected chi connectivity index (χ3v) is 8.40. The molecule has 6 unspecified atom stereocenters. The maximum Gasteiger partial charge on any atom is 0.426 e. The maximum atomic E-state index is 13.2. The van der Waals surface area contributed by atoms with E-state index >= 15 is 0 Å². The number of hydrogen-bond donors (Lipinski definition) is 2. The minimum absolute atomic E-state index is 0.0564. The molecule has 0 aromatic heterocycles. The van der Waals surface area contributed by atoms with E-state index in [0.29, 0.717) is 0 Å². The SMILES string of the molecule is OC(C1CCC2CC3CC(C(O)(C(F)(F)F)C(F)(F)F)CCC3CC2C1)(C(F)(F)F)C(F)(F)F. The lowest BCUT2D eigenvalue weighted by molar-refractivity contribution is -0.390. The van der Waals surface area contributed by atoms with Crippen molar-refractivity contribution in [1.82, 2.24) is 0 Å². The lowest BCUT2D eigenvalue weighted by Crippen LogP contribution is -2.63. The van der Waals surface area contributed by atoms with Crippen LogP contribution >= 0.6 is 0 Å². The van der Waals surface area contributed by atoms with Crippen molar-refractivity contribution in [3.63, 3.8) is 0 Å². The number of aliphatic hydroxyl groups is 2. The van der Waals surface area contributed by atoms with Crippen LogP contribution in [0.15, 0.2) is 0 Å². The highest BCUT2D eigenvalue weighted by atomic mass is 19.4. The molecule has 0 bridgehead atoms. The summed E-state index contributed by atoms with van der Waals surface area (Å²) in [5.41, 5.74) is -9.79. The number of alkyl halides is 12. The van der Waals surface area contributed by atoms with E-state index in [-0.39, 0.29) is 25.7 Å². The van der Waals surface area contributed by atoms with Gasteiger partial charge in [0.05, 0.1) is 0 Å². The minimum atomic E-state index is -5.96. The van der Waals surface area contributed by atoms with Crippen molar-refractivity contribution in [3.8, 4) is 0 Å². The molecule has 0 saturated heterocycles. The summed E-state index contributed by atoms with van der Waals surface area (Å²) < 4.78 is 159. The van der Waals surface area contributed by atoms with Gasteiger partial charge in [-0.25, -0.2) is 0 Å². The van der Waals surface area contributed by atoms with Crippen LogP contribution in [-0.4, -0.2) is 46.1 Å². The molecule has 3 aliphatic rings. The molecule has 0 radical (unpaired) electrons. The zero-order chi connectivity index (χ0) is 26.1. The molecule has 0 spiro atoms. The summed E-state index contributed by atoms with van der Waals surface area (Å²) in [6.07, 6.45) is -26.5. The van der Waals surface area contributed by atoms with Crippen LogP contribution in [0.5, 0.6) is 0 Å². The first-order chi connectivity index (χ1) is 15.1. The van der Waals surface area contributed by atoms with Gasteiger partial charge in [0.15, 0.2) is 0 Å².